The molecule has 2 atom stereocenters. The van der Waals surface area contributed by atoms with Crippen LogP contribution in [0, 0.1) is 0 Å². The van der Waals surface area contributed by atoms with Crippen LogP contribution in [0.4, 0.5) is 0 Å². The molecule has 4 aromatic carbocycles. The van der Waals surface area contributed by atoms with Gasteiger partial charge in [-0.2, -0.15) is 0 Å². The summed E-state index contributed by atoms with van der Waals surface area (Å²) in [7, 11) is 1.79. The summed E-state index contributed by atoms with van der Waals surface area (Å²) in [6.07, 6.45) is 4.40. The Labute approximate surface area is 339 Å². The lowest BCUT2D eigenvalue weighted by Crippen LogP contribution is -2.40. The Morgan fingerprint density at radius 2 is 0.947 bits per heavy atom. The zero-order chi connectivity index (χ0) is 39.7. The SMILES string of the molecule is CN1C2=C(C(=O)CCC2)C(c2ccc(Cl)cc2)C2=C1C(=O)c1ccccc1C2=O.O=C1CCCC2=C1C(c1ccc(Cl)cc1)C1=C(C2)C(=O)c2ccccc2C1=O. The molecule has 57 heavy (non-hydrogen) atoms. The van der Waals surface area contributed by atoms with Gasteiger partial charge in [0.2, 0.25) is 5.78 Å². The van der Waals surface area contributed by atoms with Crippen molar-refractivity contribution in [2.24, 2.45) is 0 Å². The van der Waals surface area contributed by atoms with E-state index in [0.717, 1.165) is 41.7 Å². The van der Waals surface area contributed by atoms with Crippen LogP contribution in [0.25, 0.3) is 0 Å². The van der Waals surface area contributed by atoms with E-state index >= 15 is 0 Å². The number of hydrogen-bond donors (Lipinski definition) is 0. The molecule has 0 bridgehead atoms. The number of halogens is 2. The van der Waals surface area contributed by atoms with E-state index in [1.807, 2.05) is 24.3 Å². The van der Waals surface area contributed by atoms with Crippen molar-refractivity contribution in [2.45, 2.75) is 56.8 Å². The highest BCUT2D eigenvalue weighted by Gasteiger charge is 2.47. The Kier molecular flexibility index (Phi) is 9.26. The van der Waals surface area contributed by atoms with Crippen LogP contribution in [0.1, 0.15) is 109 Å². The molecule has 7 nitrogen and oxygen atoms in total. The molecule has 0 spiro atoms. The maximum atomic E-state index is 13.6. The molecule has 0 saturated carbocycles. The second-order valence-electron chi connectivity index (χ2n) is 15.2. The van der Waals surface area contributed by atoms with Crippen molar-refractivity contribution >= 4 is 57.9 Å². The average molecular weight is 793 g/mol. The van der Waals surface area contributed by atoms with Gasteiger partial charge >= 0.3 is 0 Å². The summed E-state index contributed by atoms with van der Waals surface area (Å²) in [4.78, 5) is 81.4. The van der Waals surface area contributed by atoms with Gasteiger partial charge in [0.1, 0.15) is 0 Å². The first-order chi connectivity index (χ1) is 27.5. The quantitative estimate of drug-likeness (QED) is 0.199. The highest BCUT2D eigenvalue weighted by Crippen LogP contribution is 2.51. The predicted octanol–water partition coefficient (Wildman–Crippen LogP) is 9.96. The summed E-state index contributed by atoms with van der Waals surface area (Å²) in [5.74, 6) is -1.49. The zero-order valence-corrected chi connectivity index (χ0v) is 32.5. The molecule has 2 unspecified atom stereocenters. The lowest BCUT2D eigenvalue weighted by Gasteiger charge is -2.41. The van der Waals surface area contributed by atoms with Crippen molar-refractivity contribution in [1.29, 1.82) is 0 Å². The molecule has 0 aromatic heterocycles. The Morgan fingerprint density at radius 3 is 1.51 bits per heavy atom. The monoisotopic (exact) mass is 791 g/mol. The van der Waals surface area contributed by atoms with Gasteiger partial charge in [0.25, 0.3) is 0 Å². The number of allylic oxidation sites excluding steroid dienone is 8. The van der Waals surface area contributed by atoms with Gasteiger partial charge in [0.15, 0.2) is 28.9 Å². The minimum Gasteiger partial charge on any atom is -0.344 e. The molecule has 4 aromatic rings. The largest absolute Gasteiger partial charge is 0.344 e. The molecular weight excluding hydrogens is 757 g/mol. The number of carbonyl (C=O) groups is 6. The van der Waals surface area contributed by atoms with Gasteiger partial charge < -0.3 is 4.90 Å². The number of carbonyl (C=O) groups excluding carboxylic acids is 6. The van der Waals surface area contributed by atoms with E-state index in [0.29, 0.717) is 91.5 Å². The lowest BCUT2D eigenvalue weighted by atomic mass is 9.65. The van der Waals surface area contributed by atoms with Gasteiger partial charge in [-0.25, -0.2) is 0 Å². The molecule has 1 heterocycles. The van der Waals surface area contributed by atoms with Gasteiger partial charge in [-0.3, -0.25) is 28.8 Å². The molecule has 0 saturated heterocycles. The first-order valence-electron chi connectivity index (χ1n) is 19.1. The number of nitrogens with zero attached hydrogens (tertiary/aromatic N) is 1. The number of rotatable bonds is 2. The minimum absolute atomic E-state index is 0.0451. The van der Waals surface area contributed by atoms with Crippen molar-refractivity contribution in [3.05, 3.63) is 185 Å². The van der Waals surface area contributed by atoms with Gasteiger partial charge in [0, 0.05) is 97.6 Å². The number of fused-ring (bicyclic) bond motifs is 2. The maximum absolute atomic E-state index is 13.6. The van der Waals surface area contributed by atoms with Crippen LogP contribution in [0.2, 0.25) is 10.0 Å². The minimum atomic E-state index is -0.550. The third kappa shape index (κ3) is 5.94. The van der Waals surface area contributed by atoms with E-state index in [2.05, 4.69) is 0 Å². The smallest absolute Gasteiger partial charge is 0.210 e. The van der Waals surface area contributed by atoms with Gasteiger partial charge in [-0.15, -0.1) is 0 Å². The molecular formula is C48H35Cl2NO6. The second kappa shape index (κ2) is 14.3. The summed E-state index contributed by atoms with van der Waals surface area (Å²) >= 11 is 12.1. The molecule has 1 aliphatic heterocycles. The first kappa shape index (κ1) is 36.9. The van der Waals surface area contributed by atoms with Crippen LogP contribution in [-0.2, 0) is 9.59 Å². The molecule has 0 fully saturated rings. The fourth-order valence-electron chi connectivity index (χ4n) is 9.52. The third-order valence-electron chi connectivity index (χ3n) is 12.1. The highest BCUT2D eigenvalue weighted by atomic mass is 35.5. The summed E-state index contributed by atoms with van der Waals surface area (Å²) in [5, 5.41) is 1.17. The number of ketones is 6. The summed E-state index contributed by atoms with van der Waals surface area (Å²) in [6, 6.07) is 28.3. The Balaban J connectivity index is 0.000000148. The Hall–Kier alpha value is -5.76. The van der Waals surface area contributed by atoms with Crippen LogP contribution in [0.15, 0.2) is 142 Å². The van der Waals surface area contributed by atoms with Crippen molar-refractivity contribution in [2.75, 3.05) is 7.05 Å². The van der Waals surface area contributed by atoms with Crippen LogP contribution < -0.4 is 0 Å². The fraction of sp³-hybridized carbons (Fsp3) is 0.208. The maximum Gasteiger partial charge on any atom is 0.210 e. The Morgan fingerprint density at radius 1 is 0.491 bits per heavy atom. The molecule has 0 amide bonds. The number of likely N-dealkylation sites (N-methyl/N-ethyl adjacent to an activating group) is 1. The fourth-order valence-corrected chi connectivity index (χ4v) is 9.78. The van der Waals surface area contributed by atoms with Crippen LogP contribution in [-0.4, -0.2) is 46.6 Å². The molecule has 0 radical (unpaired) electrons. The van der Waals surface area contributed by atoms with E-state index in [9.17, 15) is 28.8 Å². The van der Waals surface area contributed by atoms with Gasteiger partial charge in [-0.1, -0.05) is 102 Å². The van der Waals surface area contributed by atoms with Crippen LogP contribution >= 0.6 is 23.2 Å². The number of hydrogen-bond acceptors (Lipinski definition) is 7. The van der Waals surface area contributed by atoms with E-state index < -0.39 is 11.8 Å². The van der Waals surface area contributed by atoms with E-state index in [-0.39, 0.29) is 34.7 Å². The van der Waals surface area contributed by atoms with Crippen molar-refractivity contribution in [3.8, 4) is 0 Å². The molecule has 0 N–H and O–H groups in total. The van der Waals surface area contributed by atoms with Gasteiger partial charge in [-0.05, 0) is 67.5 Å². The van der Waals surface area contributed by atoms with Crippen molar-refractivity contribution in [1.82, 2.24) is 4.90 Å². The standard InChI is InChI=1S/C24H18ClNO3.C24H17ClO3/c1-26-17-7-4-8-18(27)20(17)19(13-9-11-14(25)12-10-13)21-22(26)24(29)16-6-3-2-5-15(16)23(21)28;25-15-10-8-13(9-11-15)21-20-14(4-3-7-19(20)26)12-18-22(21)24(28)17-6-2-1-5-16(17)23(18)27/h2-3,5-6,9-12,19H,4,7-8H2,1H3;1-2,5-6,8-11,21H,3-4,7,12H2. The normalized spacial score (nSPS) is 21.4. The predicted molar refractivity (Wildman–Crippen MR) is 217 cm³/mol. The number of Topliss-reactive ketones (excluding diaryl/α,β-unsaturated/α-hetero) is 6. The number of benzene rings is 4. The van der Waals surface area contributed by atoms with E-state index in [4.69, 9.17) is 23.2 Å². The Bertz CT molecular complexity index is 2640. The second-order valence-corrected chi connectivity index (χ2v) is 16.1. The van der Waals surface area contributed by atoms with E-state index in [1.165, 1.54) is 0 Å². The summed E-state index contributed by atoms with van der Waals surface area (Å²) < 4.78 is 0. The van der Waals surface area contributed by atoms with E-state index in [1.54, 1.807) is 84.7 Å². The van der Waals surface area contributed by atoms with Crippen LogP contribution in [0.5, 0.6) is 0 Å². The topological polar surface area (TPSA) is 106 Å². The molecule has 10 rings (SSSR count). The van der Waals surface area contributed by atoms with Gasteiger partial charge in [0.05, 0.1) is 5.70 Å². The summed E-state index contributed by atoms with van der Waals surface area (Å²) in [6.45, 7) is 0. The van der Waals surface area contributed by atoms with Crippen LogP contribution in [0.3, 0.4) is 0 Å². The molecule has 6 aliphatic rings. The van der Waals surface area contributed by atoms with Crippen molar-refractivity contribution < 1.29 is 28.8 Å². The molecule has 282 valence electrons. The third-order valence-corrected chi connectivity index (χ3v) is 12.6. The summed E-state index contributed by atoms with van der Waals surface area (Å²) in [5.41, 5.74) is 8.37. The molecule has 9 heteroatoms. The molecule has 5 aliphatic carbocycles. The lowest BCUT2D eigenvalue weighted by molar-refractivity contribution is -0.117. The van der Waals surface area contributed by atoms with Crippen molar-refractivity contribution in [3.63, 3.8) is 0 Å². The average Bonchev–Trinajstić information content (AvgIpc) is 3.22. The highest BCUT2D eigenvalue weighted by molar-refractivity contribution is 6.31. The first-order valence-corrected chi connectivity index (χ1v) is 19.9. The zero-order valence-electron chi connectivity index (χ0n) is 31.0.